The van der Waals surface area contributed by atoms with Crippen molar-refractivity contribution in [3.8, 4) is 17.2 Å². The third kappa shape index (κ3) is 7.95. The van der Waals surface area contributed by atoms with Gasteiger partial charge < -0.3 is 19.7 Å². The van der Waals surface area contributed by atoms with Crippen molar-refractivity contribution in [3.63, 3.8) is 0 Å². The Kier molecular flexibility index (Phi) is 9.72. The summed E-state index contributed by atoms with van der Waals surface area (Å²) in [5.41, 5.74) is 0.917. The molecular formula is C23H29NO5. The van der Waals surface area contributed by atoms with Crippen LogP contribution in [0, 0.1) is 0 Å². The summed E-state index contributed by atoms with van der Waals surface area (Å²) in [6, 6.07) is 11.4. The average molecular weight is 399 g/mol. The molecule has 6 heteroatoms. The van der Waals surface area contributed by atoms with Crippen LogP contribution >= 0.6 is 0 Å². The summed E-state index contributed by atoms with van der Waals surface area (Å²) in [4.78, 5) is 16.4. The summed E-state index contributed by atoms with van der Waals surface area (Å²) in [7, 11) is 0. The van der Waals surface area contributed by atoms with E-state index in [1.54, 1.807) is 36.4 Å². The summed E-state index contributed by atoms with van der Waals surface area (Å²) in [6.45, 7) is 3.39. The lowest BCUT2D eigenvalue weighted by atomic mass is 10.2. The number of phenolic OH excluding ortho intramolecular Hbond substituents is 1. The van der Waals surface area contributed by atoms with Gasteiger partial charge >= 0.3 is 5.97 Å². The fourth-order valence-electron chi connectivity index (χ4n) is 2.59. The van der Waals surface area contributed by atoms with Crippen LogP contribution in [0.1, 0.15) is 54.9 Å². The average Bonchev–Trinajstić information content (AvgIpc) is 2.73. The largest absolute Gasteiger partial charge is 0.507 e. The topological polar surface area (TPSA) is 88.4 Å². The van der Waals surface area contributed by atoms with E-state index in [0.717, 1.165) is 18.6 Å². The number of ether oxygens (including phenoxy) is 2. The third-order valence-corrected chi connectivity index (χ3v) is 4.24. The van der Waals surface area contributed by atoms with E-state index in [-0.39, 0.29) is 18.1 Å². The molecule has 0 radical (unpaired) electrons. The minimum Gasteiger partial charge on any atom is -0.507 e. The van der Waals surface area contributed by atoms with Gasteiger partial charge in [-0.1, -0.05) is 26.2 Å². The molecule has 0 bridgehead atoms. The molecule has 0 spiro atoms. The molecule has 29 heavy (non-hydrogen) atoms. The Labute approximate surface area is 171 Å². The SMILES string of the molecule is CCCCCCOc1ccc(C(=O)Oc2ccc(C=NCCCO)c(O)c2)cc1. The molecule has 0 atom stereocenters. The van der Waals surface area contributed by atoms with Crippen LogP contribution in [-0.2, 0) is 0 Å². The van der Waals surface area contributed by atoms with Crippen molar-refractivity contribution in [1.29, 1.82) is 0 Å². The molecular weight excluding hydrogens is 370 g/mol. The van der Waals surface area contributed by atoms with E-state index >= 15 is 0 Å². The van der Waals surface area contributed by atoms with E-state index in [4.69, 9.17) is 14.6 Å². The maximum Gasteiger partial charge on any atom is 0.343 e. The molecule has 0 saturated carbocycles. The predicted molar refractivity (Wildman–Crippen MR) is 113 cm³/mol. The molecule has 0 amide bonds. The Morgan fingerprint density at radius 3 is 2.48 bits per heavy atom. The van der Waals surface area contributed by atoms with E-state index in [2.05, 4.69) is 11.9 Å². The van der Waals surface area contributed by atoms with Crippen LogP contribution in [0.3, 0.4) is 0 Å². The van der Waals surface area contributed by atoms with Gasteiger partial charge in [0.15, 0.2) is 0 Å². The molecule has 6 nitrogen and oxygen atoms in total. The lowest BCUT2D eigenvalue weighted by Gasteiger charge is -2.08. The van der Waals surface area contributed by atoms with Gasteiger partial charge in [0.1, 0.15) is 17.2 Å². The number of hydrogen-bond donors (Lipinski definition) is 2. The molecule has 0 fully saturated rings. The fraction of sp³-hybridized carbons (Fsp3) is 0.391. The summed E-state index contributed by atoms with van der Waals surface area (Å²) in [6.07, 6.45) is 6.66. The van der Waals surface area contributed by atoms with Gasteiger partial charge in [0.05, 0.1) is 12.2 Å². The molecule has 0 heterocycles. The van der Waals surface area contributed by atoms with Crippen LogP contribution < -0.4 is 9.47 Å². The highest BCUT2D eigenvalue weighted by atomic mass is 16.5. The number of rotatable bonds is 12. The van der Waals surface area contributed by atoms with Crippen LogP contribution in [0.25, 0.3) is 0 Å². The lowest BCUT2D eigenvalue weighted by molar-refractivity contribution is 0.0734. The summed E-state index contributed by atoms with van der Waals surface area (Å²) < 4.78 is 11.0. The smallest absolute Gasteiger partial charge is 0.343 e. The van der Waals surface area contributed by atoms with Gasteiger partial charge in [-0.2, -0.15) is 0 Å². The van der Waals surface area contributed by atoms with Gasteiger partial charge in [0, 0.05) is 31.0 Å². The normalized spacial score (nSPS) is 11.0. The van der Waals surface area contributed by atoms with Gasteiger partial charge in [-0.15, -0.1) is 0 Å². The molecule has 2 aromatic rings. The minimum absolute atomic E-state index is 0.0325. The zero-order valence-electron chi connectivity index (χ0n) is 16.8. The second-order valence-corrected chi connectivity index (χ2v) is 6.66. The van der Waals surface area contributed by atoms with Gasteiger partial charge in [-0.3, -0.25) is 4.99 Å². The monoisotopic (exact) mass is 399 g/mol. The summed E-state index contributed by atoms with van der Waals surface area (Å²) in [5.74, 6) is 0.426. The second kappa shape index (κ2) is 12.6. The molecule has 2 rings (SSSR count). The zero-order valence-corrected chi connectivity index (χ0v) is 16.8. The summed E-state index contributed by atoms with van der Waals surface area (Å²) in [5, 5.41) is 18.8. The maximum atomic E-state index is 12.3. The first kappa shape index (κ1) is 22.4. The number of hydrogen-bond acceptors (Lipinski definition) is 6. The standard InChI is InChI=1S/C23H29NO5/c1-2-3-4-5-15-28-20-10-7-18(8-11-20)23(27)29-21-12-9-19(22(26)16-21)17-24-13-6-14-25/h7-12,16-17,25-26H,2-6,13-15H2,1H3. The van der Waals surface area contributed by atoms with Crippen molar-refractivity contribution in [1.82, 2.24) is 0 Å². The Morgan fingerprint density at radius 1 is 1.03 bits per heavy atom. The van der Waals surface area contributed by atoms with Crippen molar-refractivity contribution in [2.24, 2.45) is 4.99 Å². The molecule has 0 saturated heterocycles. The molecule has 0 aliphatic heterocycles. The van der Waals surface area contributed by atoms with E-state index < -0.39 is 5.97 Å². The number of nitrogens with zero attached hydrogens (tertiary/aromatic N) is 1. The van der Waals surface area contributed by atoms with Gasteiger partial charge in [-0.25, -0.2) is 4.79 Å². The number of phenols is 1. The first-order valence-corrected chi connectivity index (χ1v) is 10.0. The number of aliphatic hydroxyl groups excluding tert-OH is 1. The third-order valence-electron chi connectivity index (χ3n) is 4.24. The molecule has 2 aromatic carbocycles. The van der Waals surface area contributed by atoms with E-state index in [1.807, 2.05) is 0 Å². The van der Waals surface area contributed by atoms with E-state index in [0.29, 0.717) is 30.7 Å². The lowest BCUT2D eigenvalue weighted by Crippen LogP contribution is -2.08. The minimum atomic E-state index is -0.511. The van der Waals surface area contributed by atoms with Crippen LogP contribution in [0.2, 0.25) is 0 Å². The number of aromatic hydroxyl groups is 1. The number of esters is 1. The maximum absolute atomic E-state index is 12.3. The number of unbranched alkanes of at least 4 members (excludes halogenated alkanes) is 3. The molecule has 0 unspecified atom stereocenters. The van der Waals surface area contributed by atoms with Crippen LogP contribution in [0.15, 0.2) is 47.5 Å². The highest BCUT2D eigenvalue weighted by Crippen LogP contribution is 2.23. The van der Waals surface area contributed by atoms with Crippen molar-refractivity contribution >= 4 is 12.2 Å². The van der Waals surface area contributed by atoms with Crippen molar-refractivity contribution in [2.45, 2.75) is 39.0 Å². The molecule has 0 aromatic heterocycles. The van der Waals surface area contributed by atoms with Gasteiger partial charge in [0.25, 0.3) is 0 Å². The number of aliphatic imine (C=N–C) groups is 1. The Bertz CT molecular complexity index is 786. The van der Waals surface area contributed by atoms with Crippen LogP contribution in [0.4, 0.5) is 0 Å². The van der Waals surface area contributed by atoms with Crippen molar-refractivity contribution < 1.29 is 24.5 Å². The molecule has 0 aliphatic carbocycles. The fourth-order valence-corrected chi connectivity index (χ4v) is 2.59. The van der Waals surface area contributed by atoms with E-state index in [1.165, 1.54) is 25.1 Å². The van der Waals surface area contributed by atoms with Gasteiger partial charge in [0.2, 0.25) is 0 Å². The van der Waals surface area contributed by atoms with Crippen molar-refractivity contribution in [3.05, 3.63) is 53.6 Å². The Morgan fingerprint density at radius 2 is 1.79 bits per heavy atom. The molecule has 0 aliphatic rings. The number of carbonyl (C=O) groups is 1. The van der Waals surface area contributed by atoms with Gasteiger partial charge in [-0.05, 0) is 49.2 Å². The quantitative estimate of drug-likeness (QED) is 0.239. The second-order valence-electron chi connectivity index (χ2n) is 6.66. The van der Waals surface area contributed by atoms with Crippen LogP contribution in [0.5, 0.6) is 17.2 Å². The van der Waals surface area contributed by atoms with Crippen LogP contribution in [-0.4, -0.2) is 42.2 Å². The number of aliphatic hydroxyl groups is 1. The van der Waals surface area contributed by atoms with Crippen molar-refractivity contribution in [2.75, 3.05) is 19.8 Å². The molecule has 156 valence electrons. The highest BCUT2D eigenvalue weighted by molar-refractivity contribution is 5.91. The Hall–Kier alpha value is -2.86. The highest BCUT2D eigenvalue weighted by Gasteiger charge is 2.10. The first-order chi connectivity index (χ1) is 14.1. The first-order valence-electron chi connectivity index (χ1n) is 10.0. The molecule has 2 N–H and O–H groups in total. The van der Waals surface area contributed by atoms with E-state index in [9.17, 15) is 9.90 Å². The Balaban J connectivity index is 1.87. The zero-order chi connectivity index (χ0) is 20.9. The predicted octanol–water partition coefficient (Wildman–Crippen LogP) is 4.37. The number of benzene rings is 2. The number of carbonyl (C=O) groups excluding carboxylic acids is 1. The summed E-state index contributed by atoms with van der Waals surface area (Å²) >= 11 is 0.